The number of anilines is 1. The molecule has 1 amide bonds. The largest absolute Gasteiger partial charge is 0.433 e. The monoisotopic (exact) mass is 284 g/mol. The summed E-state index contributed by atoms with van der Waals surface area (Å²) < 4.78 is 37.7. The number of alkyl halides is 3. The minimum absolute atomic E-state index is 0.0299. The van der Waals surface area contributed by atoms with Gasteiger partial charge in [-0.1, -0.05) is 0 Å². The lowest BCUT2D eigenvalue weighted by molar-refractivity contribution is -0.141. The number of hydrogen-bond acceptors (Lipinski definition) is 4. The van der Waals surface area contributed by atoms with E-state index in [1.54, 1.807) is 6.07 Å². The van der Waals surface area contributed by atoms with Crippen molar-refractivity contribution >= 4 is 11.7 Å². The molecular weight excluding hydrogens is 273 g/mol. The number of hydrogen-bond donors (Lipinski definition) is 2. The Morgan fingerprint density at radius 2 is 2.25 bits per heavy atom. The Kier molecular flexibility index (Phi) is 3.79. The summed E-state index contributed by atoms with van der Waals surface area (Å²) in [7, 11) is 0. The van der Waals surface area contributed by atoms with Crippen molar-refractivity contribution in [3.8, 4) is 6.07 Å². The molecular formula is C12H11F3N4O. The number of aromatic nitrogens is 1. The summed E-state index contributed by atoms with van der Waals surface area (Å²) in [5, 5.41) is 14.2. The molecule has 1 aliphatic rings. The third-order valence-corrected chi connectivity index (χ3v) is 2.91. The lowest BCUT2D eigenvalue weighted by atomic mass is 10.2. The number of rotatable bonds is 3. The number of nitrogens with one attached hydrogen (secondary N) is 2. The molecule has 0 spiro atoms. The topological polar surface area (TPSA) is 77.8 Å². The molecule has 8 heteroatoms. The summed E-state index contributed by atoms with van der Waals surface area (Å²) in [5.41, 5.74) is -1.03. The lowest BCUT2D eigenvalue weighted by Gasteiger charge is -2.14. The predicted molar refractivity (Wildman–Crippen MR) is 63.6 cm³/mol. The Morgan fingerprint density at radius 3 is 2.80 bits per heavy atom. The van der Waals surface area contributed by atoms with Crippen LogP contribution in [0.15, 0.2) is 12.1 Å². The van der Waals surface area contributed by atoms with Gasteiger partial charge in [-0.3, -0.25) is 4.79 Å². The van der Waals surface area contributed by atoms with Crippen LogP contribution in [0.1, 0.15) is 24.1 Å². The molecule has 1 unspecified atom stereocenters. The minimum atomic E-state index is -4.56. The summed E-state index contributed by atoms with van der Waals surface area (Å²) in [5.74, 6) is -0.210. The van der Waals surface area contributed by atoms with E-state index in [1.165, 1.54) is 0 Å². The molecule has 106 valence electrons. The number of nitrogens with zero attached hydrogens (tertiary/aromatic N) is 2. The predicted octanol–water partition coefficient (Wildman–Crippen LogP) is 1.66. The number of halogens is 3. The standard InChI is InChI=1S/C12H11F3N4O/c13-12(14,15)9-3-1-7(5-16)11(19-9)17-6-8-2-4-10(20)18-8/h1,3,8H,2,4,6H2,(H,17,19)(H,18,20). The quantitative estimate of drug-likeness (QED) is 0.885. The maximum atomic E-state index is 12.6. The van der Waals surface area contributed by atoms with Gasteiger partial charge < -0.3 is 10.6 Å². The number of amides is 1. The molecule has 2 N–H and O–H groups in total. The third-order valence-electron chi connectivity index (χ3n) is 2.91. The molecule has 1 aliphatic heterocycles. The zero-order chi connectivity index (χ0) is 14.8. The van der Waals surface area contributed by atoms with Crippen molar-refractivity contribution in [2.45, 2.75) is 25.1 Å². The average molecular weight is 284 g/mol. The maximum absolute atomic E-state index is 12.6. The van der Waals surface area contributed by atoms with Crippen molar-refractivity contribution in [3.63, 3.8) is 0 Å². The van der Waals surface area contributed by atoms with E-state index in [-0.39, 0.29) is 29.9 Å². The molecule has 0 aromatic carbocycles. The first-order valence-corrected chi connectivity index (χ1v) is 5.91. The van der Waals surface area contributed by atoms with Crippen molar-refractivity contribution in [1.29, 1.82) is 5.26 Å². The van der Waals surface area contributed by atoms with Crippen LogP contribution in [0.4, 0.5) is 19.0 Å². The highest BCUT2D eigenvalue weighted by molar-refractivity contribution is 5.78. The van der Waals surface area contributed by atoms with Crippen LogP contribution in [-0.2, 0) is 11.0 Å². The van der Waals surface area contributed by atoms with Gasteiger partial charge in [-0.15, -0.1) is 0 Å². The molecule has 1 saturated heterocycles. The van der Waals surface area contributed by atoms with Gasteiger partial charge >= 0.3 is 6.18 Å². The normalized spacial score (nSPS) is 18.5. The van der Waals surface area contributed by atoms with Crippen LogP contribution in [0, 0.1) is 11.3 Å². The van der Waals surface area contributed by atoms with Crippen LogP contribution >= 0.6 is 0 Å². The van der Waals surface area contributed by atoms with Gasteiger partial charge in [0.25, 0.3) is 0 Å². The second-order valence-corrected chi connectivity index (χ2v) is 4.39. The second kappa shape index (κ2) is 5.36. The Bertz CT molecular complexity index is 565. The van der Waals surface area contributed by atoms with E-state index >= 15 is 0 Å². The first kappa shape index (κ1) is 14.1. The number of carbonyl (C=O) groups excluding carboxylic acids is 1. The van der Waals surface area contributed by atoms with Crippen molar-refractivity contribution in [2.75, 3.05) is 11.9 Å². The molecule has 1 aromatic rings. The SMILES string of the molecule is N#Cc1ccc(C(F)(F)F)nc1NCC1CCC(=O)N1. The molecule has 2 heterocycles. The van der Waals surface area contributed by atoms with E-state index in [2.05, 4.69) is 15.6 Å². The number of carbonyl (C=O) groups is 1. The number of pyridine rings is 1. The Labute approximate surface area is 112 Å². The van der Waals surface area contributed by atoms with Crippen LogP contribution < -0.4 is 10.6 Å². The summed E-state index contributed by atoms with van der Waals surface area (Å²) in [6.07, 6.45) is -3.56. The van der Waals surface area contributed by atoms with Crippen molar-refractivity contribution in [1.82, 2.24) is 10.3 Å². The zero-order valence-corrected chi connectivity index (χ0v) is 10.3. The van der Waals surface area contributed by atoms with Gasteiger partial charge in [-0.05, 0) is 18.6 Å². The molecule has 0 bridgehead atoms. The Hall–Kier alpha value is -2.30. The van der Waals surface area contributed by atoms with Gasteiger partial charge in [0.05, 0.1) is 5.56 Å². The first-order valence-electron chi connectivity index (χ1n) is 5.91. The van der Waals surface area contributed by atoms with Crippen molar-refractivity contribution in [3.05, 3.63) is 23.4 Å². The second-order valence-electron chi connectivity index (χ2n) is 4.39. The highest BCUT2D eigenvalue weighted by atomic mass is 19.4. The van der Waals surface area contributed by atoms with Gasteiger partial charge in [0.15, 0.2) is 0 Å². The third kappa shape index (κ3) is 3.17. The van der Waals surface area contributed by atoms with Gasteiger partial charge in [0.1, 0.15) is 17.6 Å². The first-order chi connectivity index (χ1) is 9.40. The van der Waals surface area contributed by atoms with Crippen LogP contribution in [0.25, 0.3) is 0 Å². The molecule has 0 radical (unpaired) electrons. The highest BCUT2D eigenvalue weighted by Gasteiger charge is 2.33. The van der Waals surface area contributed by atoms with E-state index in [1.807, 2.05) is 0 Å². The molecule has 1 fully saturated rings. The average Bonchev–Trinajstić information content (AvgIpc) is 2.80. The molecule has 5 nitrogen and oxygen atoms in total. The van der Waals surface area contributed by atoms with E-state index in [0.29, 0.717) is 12.8 Å². The summed E-state index contributed by atoms with van der Waals surface area (Å²) in [6, 6.07) is 3.46. The number of nitriles is 1. The van der Waals surface area contributed by atoms with Crippen molar-refractivity contribution < 1.29 is 18.0 Å². The fraction of sp³-hybridized carbons (Fsp3) is 0.417. The van der Waals surface area contributed by atoms with E-state index in [0.717, 1.165) is 12.1 Å². The van der Waals surface area contributed by atoms with Crippen LogP contribution in [0.5, 0.6) is 0 Å². The van der Waals surface area contributed by atoms with E-state index in [4.69, 9.17) is 5.26 Å². The molecule has 0 aliphatic carbocycles. The highest BCUT2D eigenvalue weighted by Crippen LogP contribution is 2.29. The Balaban J connectivity index is 2.13. The molecule has 2 rings (SSSR count). The molecule has 20 heavy (non-hydrogen) atoms. The van der Waals surface area contributed by atoms with Crippen LogP contribution in [-0.4, -0.2) is 23.5 Å². The van der Waals surface area contributed by atoms with E-state index in [9.17, 15) is 18.0 Å². The Morgan fingerprint density at radius 1 is 1.50 bits per heavy atom. The van der Waals surface area contributed by atoms with Crippen molar-refractivity contribution in [2.24, 2.45) is 0 Å². The maximum Gasteiger partial charge on any atom is 0.433 e. The minimum Gasteiger partial charge on any atom is -0.367 e. The van der Waals surface area contributed by atoms with Gasteiger partial charge in [-0.25, -0.2) is 4.98 Å². The molecule has 1 aromatic heterocycles. The summed E-state index contributed by atoms with van der Waals surface area (Å²) in [6.45, 7) is 0.231. The summed E-state index contributed by atoms with van der Waals surface area (Å²) in [4.78, 5) is 14.4. The van der Waals surface area contributed by atoms with E-state index < -0.39 is 11.9 Å². The fourth-order valence-electron chi connectivity index (χ4n) is 1.89. The van der Waals surface area contributed by atoms with Crippen LogP contribution in [0.3, 0.4) is 0 Å². The van der Waals surface area contributed by atoms with Crippen LogP contribution in [0.2, 0.25) is 0 Å². The van der Waals surface area contributed by atoms with Gasteiger partial charge in [0.2, 0.25) is 5.91 Å². The summed E-state index contributed by atoms with van der Waals surface area (Å²) >= 11 is 0. The molecule has 1 atom stereocenters. The zero-order valence-electron chi connectivity index (χ0n) is 10.3. The van der Waals surface area contributed by atoms with Gasteiger partial charge in [0, 0.05) is 19.0 Å². The lowest BCUT2D eigenvalue weighted by Crippen LogP contribution is -2.32. The van der Waals surface area contributed by atoms with Gasteiger partial charge in [-0.2, -0.15) is 18.4 Å². The molecule has 0 saturated carbocycles. The smallest absolute Gasteiger partial charge is 0.367 e. The fourth-order valence-corrected chi connectivity index (χ4v) is 1.89.